The van der Waals surface area contributed by atoms with Gasteiger partial charge < -0.3 is 14.8 Å². The van der Waals surface area contributed by atoms with Crippen molar-refractivity contribution in [2.75, 3.05) is 12.4 Å². The molecule has 3 aromatic carbocycles. The van der Waals surface area contributed by atoms with Gasteiger partial charge in [0.05, 0.1) is 23.9 Å². The SMILES string of the molecule is COc1ccc(C(=O)Oc2ccc(NC(=O)c3ccc(C)cc3)c3ncccc23)cc1. The molecule has 31 heavy (non-hydrogen) atoms. The molecule has 0 radical (unpaired) electrons. The van der Waals surface area contributed by atoms with Gasteiger partial charge in [0.25, 0.3) is 5.91 Å². The zero-order valence-electron chi connectivity index (χ0n) is 17.1. The molecular weight excluding hydrogens is 392 g/mol. The van der Waals surface area contributed by atoms with Crippen LogP contribution in [0.4, 0.5) is 5.69 Å². The van der Waals surface area contributed by atoms with Gasteiger partial charge in [0.2, 0.25) is 0 Å². The lowest BCUT2D eigenvalue weighted by Crippen LogP contribution is -2.13. The summed E-state index contributed by atoms with van der Waals surface area (Å²) in [4.78, 5) is 29.6. The van der Waals surface area contributed by atoms with Gasteiger partial charge in [-0.25, -0.2) is 4.79 Å². The monoisotopic (exact) mass is 412 g/mol. The summed E-state index contributed by atoms with van der Waals surface area (Å²) in [5.74, 6) is 0.274. The first kappa shape index (κ1) is 20.1. The number of carbonyl (C=O) groups is 2. The summed E-state index contributed by atoms with van der Waals surface area (Å²) in [5.41, 5.74) is 3.08. The molecule has 0 aliphatic heterocycles. The maximum atomic E-state index is 12.6. The Hall–Kier alpha value is -4.19. The number of nitrogens with zero attached hydrogens (tertiary/aromatic N) is 1. The zero-order chi connectivity index (χ0) is 21.8. The molecule has 1 amide bonds. The highest BCUT2D eigenvalue weighted by molar-refractivity contribution is 6.09. The molecule has 0 saturated carbocycles. The average Bonchev–Trinajstić information content (AvgIpc) is 2.81. The lowest BCUT2D eigenvalue weighted by Gasteiger charge is -2.12. The fraction of sp³-hybridized carbons (Fsp3) is 0.0800. The quantitative estimate of drug-likeness (QED) is 0.368. The van der Waals surface area contributed by atoms with E-state index in [0.717, 1.165) is 5.56 Å². The van der Waals surface area contributed by atoms with E-state index in [9.17, 15) is 9.59 Å². The van der Waals surface area contributed by atoms with Crippen molar-refractivity contribution >= 4 is 28.5 Å². The summed E-state index contributed by atoms with van der Waals surface area (Å²) in [6.07, 6.45) is 1.62. The molecule has 154 valence electrons. The average molecular weight is 412 g/mol. The van der Waals surface area contributed by atoms with Crippen LogP contribution in [0.5, 0.6) is 11.5 Å². The Bertz CT molecular complexity index is 1250. The molecule has 6 nitrogen and oxygen atoms in total. The van der Waals surface area contributed by atoms with E-state index in [1.165, 1.54) is 0 Å². The van der Waals surface area contributed by atoms with Crippen molar-refractivity contribution in [1.82, 2.24) is 4.98 Å². The molecule has 1 aromatic heterocycles. The highest BCUT2D eigenvalue weighted by Crippen LogP contribution is 2.31. The summed E-state index contributed by atoms with van der Waals surface area (Å²) in [7, 11) is 1.56. The van der Waals surface area contributed by atoms with Crippen molar-refractivity contribution in [2.24, 2.45) is 0 Å². The second kappa shape index (κ2) is 8.67. The Morgan fingerprint density at radius 3 is 2.29 bits per heavy atom. The second-order valence-electron chi connectivity index (χ2n) is 6.95. The first-order valence-corrected chi connectivity index (χ1v) is 9.67. The molecule has 6 heteroatoms. The van der Waals surface area contributed by atoms with Crippen LogP contribution in [-0.2, 0) is 0 Å². The van der Waals surface area contributed by atoms with Crippen molar-refractivity contribution in [3.8, 4) is 11.5 Å². The van der Waals surface area contributed by atoms with Gasteiger partial charge in [-0.05, 0) is 67.6 Å². The topological polar surface area (TPSA) is 77.5 Å². The van der Waals surface area contributed by atoms with E-state index in [4.69, 9.17) is 9.47 Å². The third kappa shape index (κ3) is 4.38. The highest BCUT2D eigenvalue weighted by Gasteiger charge is 2.15. The minimum absolute atomic E-state index is 0.241. The van der Waals surface area contributed by atoms with Gasteiger partial charge in [-0.2, -0.15) is 0 Å². The van der Waals surface area contributed by atoms with Gasteiger partial charge in [0.1, 0.15) is 11.5 Å². The number of fused-ring (bicyclic) bond motifs is 1. The molecule has 0 bridgehead atoms. The molecule has 4 rings (SSSR count). The van der Waals surface area contributed by atoms with Gasteiger partial charge >= 0.3 is 5.97 Å². The standard InChI is InChI=1S/C25H20N2O4/c1-16-5-7-17(8-6-16)24(28)27-21-13-14-22(20-4-3-15-26-23(20)21)31-25(29)18-9-11-19(30-2)12-10-18/h3-15H,1-2H3,(H,27,28). The number of aromatic nitrogens is 1. The minimum Gasteiger partial charge on any atom is -0.497 e. The molecule has 4 aromatic rings. The molecule has 0 unspecified atom stereocenters. The van der Waals surface area contributed by atoms with Crippen molar-refractivity contribution in [1.29, 1.82) is 0 Å². The fourth-order valence-corrected chi connectivity index (χ4v) is 3.12. The van der Waals surface area contributed by atoms with Crippen LogP contribution in [0.25, 0.3) is 10.9 Å². The number of aryl methyl sites for hydroxylation is 1. The summed E-state index contributed by atoms with van der Waals surface area (Å²) in [5, 5.41) is 3.51. The van der Waals surface area contributed by atoms with E-state index in [1.54, 1.807) is 74.0 Å². The van der Waals surface area contributed by atoms with Crippen molar-refractivity contribution in [3.63, 3.8) is 0 Å². The number of anilines is 1. The van der Waals surface area contributed by atoms with E-state index < -0.39 is 5.97 Å². The third-order valence-corrected chi connectivity index (χ3v) is 4.82. The predicted octanol–water partition coefficient (Wildman–Crippen LogP) is 5.02. The van der Waals surface area contributed by atoms with Gasteiger partial charge in [0, 0.05) is 17.1 Å². The molecule has 0 atom stereocenters. The number of pyridine rings is 1. The zero-order valence-corrected chi connectivity index (χ0v) is 17.1. The lowest BCUT2D eigenvalue weighted by molar-refractivity contribution is 0.0736. The van der Waals surface area contributed by atoms with Crippen LogP contribution in [0.1, 0.15) is 26.3 Å². The Kier molecular flexibility index (Phi) is 5.62. The van der Waals surface area contributed by atoms with E-state index in [0.29, 0.717) is 39.2 Å². The largest absolute Gasteiger partial charge is 0.497 e. The Labute approximate surface area is 179 Å². The van der Waals surface area contributed by atoms with Crippen LogP contribution in [-0.4, -0.2) is 24.0 Å². The second-order valence-corrected chi connectivity index (χ2v) is 6.95. The Morgan fingerprint density at radius 2 is 1.58 bits per heavy atom. The maximum Gasteiger partial charge on any atom is 0.343 e. The minimum atomic E-state index is -0.496. The molecule has 1 heterocycles. The molecule has 0 aliphatic rings. The van der Waals surface area contributed by atoms with Gasteiger partial charge in [0.15, 0.2) is 0 Å². The number of esters is 1. The van der Waals surface area contributed by atoms with Crippen LogP contribution < -0.4 is 14.8 Å². The number of nitrogens with one attached hydrogen (secondary N) is 1. The predicted molar refractivity (Wildman–Crippen MR) is 119 cm³/mol. The van der Waals surface area contributed by atoms with E-state index in [-0.39, 0.29) is 5.91 Å². The number of carbonyl (C=O) groups excluding carboxylic acids is 2. The number of rotatable bonds is 5. The molecule has 0 fully saturated rings. The van der Waals surface area contributed by atoms with Crippen LogP contribution in [0, 0.1) is 6.92 Å². The number of hydrogen-bond acceptors (Lipinski definition) is 5. The van der Waals surface area contributed by atoms with E-state index in [2.05, 4.69) is 10.3 Å². The summed E-state index contributed by atoms with van der Waals surface area (Å²) < 4.78 is 10.7. The number of benzene rings is 3. The Morgan fingerprint density at radius 1 is 0.871 bits per heavy atom. The van der Waals surface area contributed by atoms with Crippen LogP contribution in [0.3, 0.4) is 0 Å². The lowest BCUT2D eigenvalue weighted by atomic mass is 10.1. The van der Waals surface area contributed by atoms with Crippen molar-refractivity contribution in [2.45, 2.75) is 6.92 Å². The first-order chi connectivity index (χ1) is 15.0. The smallest absolute Gasteiger partial charge is 0.343 e. The van der Waals surface area contributed by atoms with Gasteiger partial charge in [-0.1, -0.05) is 17.7 Å². The number of methoxy groups -OCH3 is 1. The fourth-order valence-electron chi connectivity index (χ4n) is 3.12. The third-order valence-electron chi connectivity index (χ3n) is 4.82. The molecule has 1 N–H and O–H groups in total. The summed E-state index contributed by atoms with van der Waals surface area (Å²) in [6, 6.07) is 20.8. The van der Waals surface area contributed by atoms with E-state index in [1.807, 2.05) is 19.1 Å². The highest BCUT2D eigenvalue weighted by atomic mass is 16.5. The normalized spacial score (nSPS) is 10.5. The number of ether oxygens (including phenoxy) is 2. The van der Waals surface area contributed by atoms with Crippen molar-refractivity contribution < 1.29 is 19.1 Å². The molecule has 0 aliphatic carbocycles. The maximum absolute atomic E-state index is 12.6. The van der Waals surface area contributed by atoms with E-state index >= 15 is 0 Å². The van der Waals surface area contributed by atoms with Crippen LogP contribution >= 0.6 is 0 Å². The van der Waals surface area contributed by atoms with Crippen LogP contribution in [0.2, 0.25) is 0 Å². The number of amides is 1. The van der Waals surface area contributed by atoms with Crippen LogP contribution in [0.15, 0.2) is 79.0 Å². The summed E-state index contributed by atoms with van der Waals surface area (Å²) >= 11 is 0. The summed E-state index contributed by atoms with van der Waals surface area (Å²) in [6.45, 7) is 1.96. The van der Waals surface area contributed by atoms with Gasteiger partial charge in [-0.3, -0.25) is 9.78 Å². The molecular formula is C25H20N2O4. The Balaban J connectivity index is 1.61. The molecule has 0 spiro atoms. The van der Waals surface area contributed by atoms with Gasteiger partial charge in [-0.15, -0.1) is 0 Å². The number of hydrogen-bond donors (Lipinski definition) is 1. The first-order valence-electron chi connectivity index (χ1n) is 9.67. The molecule has 0 saturated heterocycles. The van der Waals surface area contributed by atoms with Crippen molar-refractivity contribution in [3.05, 3.63) is 95.7 Å².